The van der Waals surface area contributed by atoms with Crippen LogP contribution in [0.15, 0.2) is 0 Å². The standard InChI is InChI=1S/C11H21N3O2/c1-9(2)14-8-7-13(6-4-5-12-3)10(15)11(14)16/h9,12H,4-8H2,1-3H3. The number of hydrogen-bond acceptors (Lipinski definition) is 3. The van der Waals surface area contributed by atoms with Gasteiger partial charge in [0.15, 0.2) is 0 Å². The Labute approximate surface area is 96.8 Å². The summed E-state index contributed by atoms with van der Waals surface area (Å²) >= 11 is 0. The zero-order valence-corrected chi connectivity index (χ0v) is 10.3. The number of rotatable bonds is 5. The molecular weight excluding hydrogens is 206 g/mol. The van der Waals surface area contributed by atoms with Crippen molar-refractivity contribution in [1.29, 1.82) is 0 Å². The van der Waals surface area contributed by atoms with Crippen molar-refractivity contribution in [2.45, 2.75) is 26.3 Å². The Morgan fingerprint density at radius 2 is 1.94 bits per heavy atom. The highest BCUT2D eigenvalue weighted by Gasteiger charge is 2.33. The second-order valence-corrected chi connectivity index (χ2v) is 4.34. The Kier molecular flexibility index (Phi) is 4.73. The largest absolute Gasteiger partial charge is 0.333 e. The molecule has 16 heavy (non-hydrogen) atoms. The third-order valence-electron chi connectivity index (χ3n) is 2.82. The molecule has 1 saturated heterocycles. The molecule has 0 spiro atoms. The summed E-state index contributed by atoms with van der Waals surface area (Å²) < 4.78 is 0. The van der Waals surface area contributed by atoms with Gasteiger partial charge in [-0.05, 0) is 33.9 Å². The number of amides is 2. The van der Waals surface area contributed by atoms with E-state index in [0.717, 1.165) is 13.0 Å². The molecule has 0 aromatic carbocycles. The highest BCUT2D eigenvalue weighted by Crippen LogP contribution is 2.08. The van der Waals surface area contributed by atoms with Crippen LogP contribution < -0.4 is 5.32 Å². The van der Waals surface area contributed by atoms with Gasteiger partial charge in [0.05, 0.1) is 0 Å². The molecule has 5 nitrogen and oxygen atoms in total. The van der Waals surface area contributed by atoms with Crippen molar-refractivity contribution < 1.29 is 9.59 Å². The Morgan fingerprint density at radius 1 is 1.25 bits per heavy atom. The van der Waals surface area contributed by atoms with E-state index in [2.05, 4.69) is 5.32 Å². The normalized spacial score (nSPS) is 17.5. The van der Waals surface area contributed by atoms with Crippen LogP contribution in [0.3, 0.4) is 0 Å². The predicted octanol–water partition coefficient (Wildman–Crippen LogP) is -0.325. The van der Waals surface area contributed by atoms with Crippen molar-refractivity contribution in [1.82, 2.24) is 15.1 Å². The fourth-order valence-electron chi connectivity index (χ4n) is 1.84. The second-order valence-electron chi connectivity index (χ2n) is 4.34. The minimum absolute atomic E-state index is 0.107. The van der Waals surface area contributed by atoms with E-state index in [1.54, 1.807) is 9.80 Å². The smallest absolute Gasteiger partial charge is 0.312 e. The van der Waals surface area contributed by atoms with Crippen molar-refractivity contribution in [2.24, 2.45) is 0 Å². The van der Waals surface area contributed by atoms with Gasteiger partial charge in [0.1, 0.15) is 0 Å². The fourth-order valence-corrected chi connectivity index (χ4v) is 1.84. The summed E-state index contributed by atoms with van der Waals surface area (Å²) in [6.07, 6.45) is 0.886. The lowest BCUT2D eigenvalue weighted by atomic mass is 10.2. The predicted molar refractivity (Wildman–Crippen MR) is 62.0 cm³/mol. The van der Waals surface area contributed by atoms with Gasteiger partial charge in [-0.1, -0.05) is 0 Å². The number of hydrogen-bond donors (Lipinski definition) is 1. The Balaban J connectivity index is 2.48. The van der Waals surface area contributed by atoms with Crippen LogP contribution >= 0.6 is 0 Å². The third kappa shape index (κ3) is 2.95. The van der Waals surface area contributed by atoms with E-state index in [9.17, 15) is 9.59 Å². The lowest BCUT2D eigenvalue weighted by Crippen LogP contribution is -2.56. The van der Waals surface area contributed by atoms with Crippen LogP contribution in [0, 0.1) is 0 Å². The van der Waals surface area contributed by atoms with Crippen molar-refractivity contribution in [2.75, 3.05) is 33.2 Å². The van der Waals surface area contributed by atoms with Crippen LogP contribution in [-0.4, -0.2) is 60.9 Å². The summed E-state index contributed by atoms with van der Waals surface area (Å²) in [5, 5.41) is 3.03. The summed E-state index contributed by atoms with van der Waals surface area (Å²) in [6, 6.07) is 0.107. The Hall–Kier alpha value is -1.10. The van der Waals surface area contributed by atoms with Crippen LogP contribution in [0.2, 0.25) is 0 Å². The summed E-state index contributed by atoms with van der Waals surface area (Å²) in [5.41, 5.74) is 0. The molecule has 0 bridgehead atoms. The molecule has 1 aliphatic heterocycles. The Morgan fingerprint density at radius 3 is 2.50 bits per heavy atom. The number of piperazine rings is 1. The molecule has 0 aromatic heterocycles. The molecule has 1 fully saturated rings. The van der Waals surface area contributed by atoms with Gasteiger partial charge < -0.3 is 15.1 Å². The maximum absolute atomic E-state index is 11.7. The second kappa shape index (κ2) is 5.84. The summed E-state index contributed by atoms with van der Waals surface area (Å²) in [4.78, 5) is 26.8. The van der Waals surface area contributed by atoms with Gasteiger partial charge in [0.2, 0.25) is 0 Å². The average Bonchev–Trinajstić information content (AvgIpc) is 2.24. The molecule has 0 saturated carbocycles. The molecule has 1 heterocycles. The lowest BCUT2D eigenvalue weighted by molar-refractivity contribution is -0.157. The molecule has 92 valence electrons. The quantitative estimate of drug-likeness (QED) is 0.517. The molecule has 0 radical (unpaired) electrons. The zero-order chi connectivity index (χ0) is 12.1. The lowest BCUT2D eigenvalue weighted by Gasteiger charge is -2.36. The van der Waals surface area contributed by atoms with Gasteiger partial charge in [0, 0.05) is 25.7 Å². The first kappa shape index (κ1) is 13.0. The van der Waals surface area contributed by atoms with Gasteiger partial charge >= 0.3 is 11.8 Å². The molecule has 0 atom stereocenters. The van der Waals surface area contributed by atoms with Crippen LogP contribution in [0.25, 0.3) is 0 Å². The van der Waals surface area contributed by atoms with Crippen LogP contribution in [-0.2, 0) is 9.59 Å². The maximum Gasteiger partial charge on any atom is 0.312 e. The maximum atomic E-state index is 11.7. The highest BCUT2D eigenvalue weighted by atomic mass is 16.2. The minimum Gasteiger partial charge on any atom is -0.333 e. The molecule has 5 heteroatoms. The van der Waals surface area contributed by atoms with Gasteiger partial charge in [-0.25, -0.2) is 0 Å². The van der Waals surface area contributed by atoms with E-state index < -0.39 is 0 Å². The summed E-state index contributed by atoms with van der Waals surface area (Å²) in [7, 11) is 1.88. The zero-order valence-electron chi connectivity index (χ0n) is 10.3. The topological polar surface area (TPSA) is 52.6 Å². The molecule has 2 amide bonds. The number of nitrogens with zero attached hydrogens (tertiary/aromatic N) is 2. The number of carbonyl (C=O) groups excluding carboxylic acids is 2. The molecule has 0 aliphatic carbocycles. The molecule has 0 unspecified atom stereocenters. The summed E-state index contributed by atoms with van der Waals surface area (Å²) in [6.45, 7) is 6.71. The molecule has 1 N–H and O–H groups in total. The highest BCUT2D eigenvalue weighted by molar-refractivity contribution is 6.35. The van der Waals surface area contributed by atoms with Crippen molar-refractivity contribution >= 4 is 11.8 Å². The van der Waals surface area contributed by atoms with Crippen LogP contribution in [0.1, 0.15) is 20.3 Å². The van der Waals surface area contributed by atoms with Crippen molar-refractivity contribution in [3.8, 4) is 0 Å². The van der Waals surface area contributed by atoms with Crippen molar-refractivity contribution in [3.63, 3.8) is 0 Å². The molecule has 1 aliphatic rings. The van der Waals surface area contributed by atoms with E-state index in [-0.39, 0.29) is 17.9 Å². The average molecular weight is 227 g/mol. The van der Waals surface area contributed by atoms with Gasteiger partial charge in [0.25, 0.3) is 0 Å². The number of nitrogens with one attached hydrogen (secondary N) is 1. The minimum atomic E-state index is -0.356. The third-order valence-corrected chi connectivity index (χ3v) is 2.82. The van der Waals surface area contributed by atoms with Crippen LogP contribution in [0.4, 0.5) is 0 Å². The fraction of sp³-hybridized carbons (Fsp3) is 0.818. The van der Waals surface area contributed by atoms with E-state index in [4.69, 9.17) is 0 Å². The van der Waals surface area contributed by atoms with Gasteiger partial charge in [-0.3, -0.25) is 9.59 Å². The molecular formula is C11H21N3O2. The molecule has 0 aromatic rings. The van der Waals surface area contributed by atoms with Crippen molar-refractivity contribution in [3.05, 3.63) is 0 Å². The van der Waals surface area contributed by atoms with E-state index in [0.29, 0.717) is 19.6 Å². The number of carbonyl (C=O) groups is 2. The van der Waals surface area contributed by atoms with E-state index in [1.807, 2.05) is 20.9 Å². The van der Waals surface area contributed by atoms with E-state index in [1.165, 1.54) is 0 Å². The molecule has 1 rings (SSSR count). The van der Waals surface area contributed by atoms with Crippen LogP contribution in [0.5, 0.6) is 0 Å². The van der Waals surface area contributed by atoms with E-state index >= 15 is 0 Å². The van der Waals surface area contributed by atoms with Gasteiger partial charge in [-0.2, -0.15) is 0 Å². The monoisotopic (exact) mass is 227 g/mol. The summed E-state index contributed by atoms with van der Waals surface area (Å²) in [5.74, 6) is -0.707. The first-order valence-corrected chi connectivity index (χ1v) is 5.82. The first-order chi connectivity index (χ1) is 7.57. The SMILES string of the molecule is CNCCCN1CCN(C(C)C)C(=O)C1=O. The first-order valence-electron chi connectivity index (χ1n) is 5.82. The van der Waals surface area contributed by atoms with Gasteiger partial charge in [-0.15, -0.1) is 0 Å². The Bertz CT molecular complexity index is 266.